The number of benzene rings is 1. The van der Waals surface area contributed by atoms with Crippen molar-refractivity contribution in [3.63, 3.8) is 0 Å². The number of carbonyl (C=O) groups is 2. The lowest BCUT2D eigenvalue weighted by Crippen LogP contribution is -2.63. The lowest BCUT2D eigenvalue weighted by atomic mass is 9.76. The van der Waals surface area contributed by atoms with Gasteiger partial charge in [0.05, 0.1) is 11.8 Å². The molecule has 1 amide bonds. The molecule has 6 nitrogen and oxygen atoms in total. The van der Waals surface area contributed by atoms with Crippen LogP contribution in [0.15, 0.2) is 59.7 Å². The van der Waals surface area contributed by atoms with Gasteiger partial charge in [0.15, 0.2) is 17.5 Å². The predicted molar refractivity (Wildman–Crippen MR) is 132 cm³/mol. The molecule has 3 atom stereocenters. The van der Waals surface area contributed by atoms with Gasteiger partial charge in [-0.25, -0.2) is 17.6 Å². The van der Waals surface area contributed by atoms with Crippen molar-refractivity contribution in [3.05, 3.63) is 65.3 Å². The van der Waals surface area contributed by atoms with Gasteiger partial charge in [0, 0.05) is 6.42 Å². The summed E-state index contributed by atoms with van der Waals surface area (Å²) in [5, 5.41) is 0. The molecular weight excluding hydrogens is 511 g/mol. The summed E-state index contributed by atoms with van der Waals surface area (Å²) < 4.78 is 78.9. The second kappa shape index (κ2) is 13.1. The number of halogens is 5. The fourth-order valence-electron chi connectivity index (χ4n) is 3.82. The smallest absolute Gasteiger partial charge is 0.310 e. The Morgan fingerprint density at radius 1 is 1.08 bits per heavy atom. The SMILES string of the molecule is CC(C)CCC(=O)NNC1(OF)C(F)=C(F)C(F)=C(F)[C@@H]1[C@H](C/C=C/c1ccccc1)C(=O)OC(C)(C)C. The normalized spacial score (nSPS) is 21.3. The zero-order chi connectivity index (χ0) is 28.7. The van der Waals surface area contributed by atoms with Crippen LogP contribution < -0.4 is 10.9 Å². The quantitative estimate of drug-likeness (QED) is 0.142. The number of esters is 1. The van der Waals surface area contributed by atoms with Crippen molar-refractivity contribution in [2.75, 3.05) is 0 Å². The zero-order valence-corrected chi connectivity index (χ0v) is 21.9. The van der Waals surface area contributed by atoms with E-state index in [2.05, 4.69) is 4.94 Å². The molecule has 1 unspecified atom stereocenters. The highest BCUT2D eigenvalue weighted by atomic mass is 19.3. The molecule has 0 heterocycles. The summed E-state index contributed by atoms with van der Waals surface area (Å²) in [4.78, 5) is 29.1. The predicted octanol–water partition coefficient (Wildman–Crippen LogP) is 6.63. The summed E-state index contributed by atoms with van der Waals surface area (Å²) in [7, 11) is 0. The van der Waals surface area contributed by atoms with Gasteiger partial charge < -0.3 is 4.74 Å². The molecule has 1 aliphatic rings. The maximum atomic E-state index is 15.4. The molecule has 0 spiro atoms. The van der Waals surface area contributed by atoms with Crippen LogP contribution in [-0.2, 0) is 19.3 Å². The third-order valence-corrected chi connectivity index (χ3v) is 5.70. The van der Waals surface area contributed by atoms with Gasteiger partial charge in [-0.15, -0.1) is 0 Å². The first-order valence-corrected chi connectivity index (χ1v) is 12.1. The van der Waals surface area contributed by atoms with Gasteiger partial charge in [-0.3, -0.25) is 15.0 Å². The van der Waals surface area contributed by atoms with Gasteiger partial charge in [0.2, 0.25) is 11.6 Å². The molecule has 0 aromatic heterocycles. The topological polar surface area (TPSA) is 76.7 Å². The summed E-state index contributed by atoms with van der Waals surface area (Å²) in [5.74, 6) is -15.0. The first kappa shape index (κ1) is 31.2. The highest BCUT2D eigenvalue weighted by Gasteiger charge is 2.60. The summed E-state index contributed by atoms with van der Waals surface area (Å²) in [5.41, 5.74) is -0.0677. The van der Waals surface area contributed by atoms with Gasteiger partial charge in [0.25, 0.3) is 0 Å². The standard InChI is InChI=1S/C27H33F5N2O4/c1-16(2)14-15-19(35)33-34-27(38-32)20(21(28)22(29)23(30)24(27)31)18(25(36)37-26(3,4)5)13-9-12-17-10-7-6-8-11-17/h6-12,16,18,20,34H,13-15H2,1-5H3,(H,33,35)/b12-9+/t18-,20-,27?/m0/s1. The van der Waals surface area contributed by atoms with E-state index < -0.39 is 64.8 Å². The highest BCUT2D eigenvalue weighted by molar-refractivity contribution is 5.76. The fourth-order valence-corrected chi connectivity index (χ4v) is 3.82. The number of rotatable bonds is 11. The summed E-state index contributed by atoms with van der Waals surface area (Å²) in [6, 6.07) is 8.69. The molecule has 2 N–H and O–H groups in total. The molecule has 0 saturated carbocycles. The maximum absolute atomic E-state index is 15.4. The van der Waals surface area contributed by atoms with Crippen LogP contribution in [0.4, 0.5) is 22.1 Å². The number of allylic oxidation sites excluding steroid dienone is 3. The van der Waals surface area contributed by atoms with E-state index in [0.717, 1.165) is 0 Å². The number of hydrogen-bond acceptors (Lipinski definition) is 5. The maximum Gasteiger partial charge on any atom is 0.310 e. The Morgan fingerprint density at radius 2 is 1.71 bits per heavy atom. The van der Waals surface area contributed by atoms with Crippen LogP contribution in [-0.4, -0.2) is 23.2 Å². The average molecular weight is 545 g/mol. The first-order chi connectivity index (χ1) is 17.7. The summed E-state index contributed by atoms with van der Waals surface area (Å²) in [6.07, 6.45) is 2.81. The van der Waals surface area contributed by atoms with E-state index >= 15 is 8.78 Å². The average Bonchev–Trinajstić information content (AvgIpc) is 2.85. The van der Waals surface area contributed by atoms with Crippen LogP contribution in [0.25, 0.3) is 6.08 Å². The molecule has 1 aliphatic carbocycles. The molecule has 1 aromatic carbocycles. The van der Waals surface area contributed by atoms with Crippen molar-refractivity contribution in [2.45, 2.75) is 65.2 Å². The minimum Gasteiger partial charge on any atom is -0.460 e. The van der Waals surface area contributed by atoms with Gasteiger partial charge in [0.1, 0.15) is 11.4 Å². The van der Waals surface area contributed by atoms with Crippen LogP contribution in [0.2, 0.25) is 0 Å². The van der Waals surface area contributed by atoms with Crippen molar-refractivity contribution >= 4 is 18.0 Å². The molecule has 11 heteroatoms. The fraction of sp³-hybridized carbons (Fsp3) is 0.481. The molecular formula is C27H33F5N2O4. The van der Waals surface area contributed by atoms with Crippen LogP contribution in [0.3, 0.4) is 0 Å². The number of ether oxygens (including phenoxy) is 1. The third-order valence-electron chi connectivity index (χ3n) is 5.70. The minimum absolute atomic E-state index is 0.103. The summed E-state index contributed by atoms with van der Waals surface area (Å²) >= 11 is 0. The van der Waals surface area contributed by atoms with Crippen molar-refractivity contribution in [3.8, 4) is 0 Å². The first-order valence-electron chi connectivity index (χ1n) is 12.1. The lowest BCUT2D eigenvalue weighted by molar-refractivity contribution is -0.270. The number of hydrazine groups is 1. The Balaban J connectivity index is 2.55. The van der Waals surface area contributed by atoms with E-state index in [-0.39, 0.29) is 12.3 Å². The van der Waals surface area contributed by atoms with E-state index in [4.69, 9.17) is 4.74 Å². The number of nitrogens with one attached hydrogen (secondary N) is 2. The molecule has 210 valence electrons. The number of hydrogen-bond donors (Lipinski definition) is 2. The molecule has 0 fully saturated rings. The van der Waals surface area contributed by atoms with Crippen LogP contribution >= 0.6 is 0 Å². The van der Waals surface area contributed by atoms with E-state index in [0.29, 0.717) is 12.0 Å². The number of amides is 1. The second-order valence-electron chi connectivity index (χ2n) is 10.4. The Bertz CT molecular complexity index is 1080. The Kier molecular flexibility index (Phi) is 10.8. The second-order valence-corrected chi connectivity index (χ2v) is 10.4. The number of carbonyl (C=O) groups excluding carboxylic acids is 2. The van der Waals surface area contributed by atoms with E-state index in [9.17, 15) is 22.9 Å². The third kappa shape index (κ3) is 7.73. The Morgan fingerprint density at radius 3 is 2.26 bits per heavy atom. The zero-order valence-electron chi connectivity index (χ0n) is 21.9. The molecule has 1 aromatic rings. The molecule has 0 radical (unpaired) electrons. The van der Waals surface area contributed by atoms with Crippen molar-refractivity contribution < 1.29 is 41.4 Å². The lowest BCUT2D eigenvalue weighted by Gasteiger charge is -2.40. The van der Waals surface area contributed by atoms with Gasteiger partial charge in [-0.05, 0) is 49.6 Å². The highest BCUT2D eigenvalue weighted by Crippen LogP contribution is 2.49. The molecule has 38 heavy (non-hydrogen) atoms. The molecule has 0 saturated heterocycles. The van der Waals surface area contributed by atoms with Crippen LogP contribution in [0.5, 0.6) is 0 Å². The van der Waals surface area contributed by atoms with Crippen molar-refractivity contribution in [1.29, 1.82) is 0 Å². The Labute approximate surface area is 218 Å². The molecule has 0 bridgehead atoms. The minimum atomic E-state index is -3.45. The van der Waals surface area contributed by atoms with Gasteiger partial charge >= 0.3 is 5.97 Å². The van der Waals surface area contributed by atoms with Crippen LogP contribution in [0.1, 0.15) is 59.4 Å². The van der Waals surface area contributed by atoms with Crippen molar-refractivity contribution in [1.82, 2.24) is 10.9 Å². The van der Waals surface area contributed by atoms with E-state index in [1.165, 1.54) is 26.8 Å². The van der Waals surface area contributed by atoms with E-state index in [1.807, 2.05) is 24.7 Å². The monoisotopic (exact) mass is 544 g/mol. The molecule has 2 rings (SSSR count). The van der Waals surface area contributed by atoms with E-state index in [1.54, 1.807) is 36.4 Å². The van der Waals surface area contributed by atoms with Crippen molar-refractivity contribution in [2.24, 2.45) is 17.8 Å². The Hall–Kier alpha value is -3.05. The largest absolute Gasteiger partial charge is 0.460 e. The van der Waals surface area contributed by atoms with Crippen LogP contribution in [0, 0.1) is 17.8 Å². The molecule has 0 aliphatic heterocycles. The van der Waals surface area contributed by atoms with Gasteiger partial charge in [-0.1, -0.05) is 56.3 Å². The van der Waals surface area contributed by atoms with Gasteiger partial charge in [-0.2, -0.15) is 10.4 Å². The summed E-state index contributed by atoms with van der Waals surface area (Å²) in [6.45, 7) is 8.17.